The van der Waals surface area contributed by atoms with Gasteiger partial charge in [-0.1, -0.05) is 18.2 Å². The maximum absolute atomic E-state index is 11.9. The minimum Gasteiger partial charge on any atom is -0.464 e. The minimum atomic E-state index is -1.06. The number of hydrogen-bond acceptors (Lipinski definition) is 4. The summed E-state index contributed by atoms with van der Waals surface area (Å²) in [6.45, 7) is 1.80. The van der Waals surface area contributed by atoms with E-state index in [1.165, 1.54) is 0 Å². The summed E-state index contributed by atoms with van der Waals surface area (Å²) in [4.78, 5) is 34.4. The van der Waals surface area contributed by atoms with Gasteiger partial charge in [-0.2, -0.15) is 0 Å². The quantitative estimate of drug-likeness (QED) is 0.718. The number of carbonyl (C=O) groups excluding carboxylic acids is 3. The van der Waals surface area contributed by atoms with Gasteiger partial charge in [-0.05, 0) is 19.1 Å². The van der Waals surface area contributed by atoms with Gasteiger partial charge in [0.25, 0.3) is 5.91 Å². The summed E-state index contributed by atoms with van der Waals surface area (Å²) in [5, 5.41) is 2.43. The molecule has 0 aromatic heterocycles. The molecule has 0 radical (unpaired) electrons. The average Bonchev–Trinajstić information content (AvgIpc) is 2.38. The minimum absolute atomic E-state index is 0.162. The lowest BCUT2D eigenvalue weighted by atomic mass is 10.1. The molecule has 0 aliphatic heterocycles. The molecule has 0 aliphatic rings. The highest BCUT2D eigenvalue weighted by atomic mass is 16.5. The van der Waals surface area contributed by atoms with Crippen molar-refractivity contribution in [1.29, 1.82) is 0 Å². The van der Waals surface area contributed by atoms with E-state index in [4.69, 9.17) is 10.5 Å². The Balaban J connectivity index is 2.74. The summed E-state index contributed by atoms with van der Waals surface area (Å²) < 4.78 is 4.78. The molecule has 1 atom stereocenters. The number of rotatable bonds is 6. The lowest BCUT2D eigenvalue weighted by molar-refractivity contribution is -0.146. The maximum Gasteiger partial charge on any atom is 0.329 e. The second kappa shape index (κ2) is 7.15. The number of nitrogens with one attached hydrogen (secondary N) is 1. The number of carbonyl (C=O) groups is 3. The first-order chi connectivity index (χ1) is 9.04. The zero-order valence-corrected chi connectivity index (χ0v) is 10.6. The second-order valence-electron chi connectivity index (χ2n) is 3.81. The summed E-state index contributed by atoms with van der Waals surface area (Å²) in [5.41, 5.74) is 5.43. The zero-order chi connectivity index (χ0) is 14.3. The standard InChI is InChI=1S/C13H16N2O4/c1-2-19-13(18)10(8-11(14)16)15-12(17)9-6-4-3-5-7-9/h3-7,10H,2,8H2,1H3,(H2,14,16)(H,15,17). The van der Waals surface area contributed by atoms with Crippen LogP contribution in [0.15, 0.2) is 30.3 Å². The van der Waals surface area contributed by atoms with E-state index in [2.05, 4.69) is 5.32 Å². The van der Waals surface area contributed by atoms with Gasteiger partial charge in [0.15, 0.2) is 0 Å². The van der Waals surface area contributed by atoms with Crippen molar-refractivity contribution in [3.8, 4) is 0 Å². The molecule has 1 rings (SSSR count). The number of nitrogens with two attached hydrogens (primary N) is 1. The van der Waals surface area contributed by atoms with E-state index in [1.807, 2.05) is 0 Å². The summed E-state index contributed by atoms with van der Waals surface area (Å²) in [6, 6.07) is 7.29. The molecular formula is C13H16N2O4. The lowest BCUT2D eigenvalue weighted by Gasteiger charge is -2.15. The molecule has 1 aromatic carbocycles. The van der Waals surface area contributed by atoms with Crippen LogP contribution in [0.3, 0.4) is 0 Å². The Morgan fingerprint density at radius 2 is 1.89 bits per heavy atom. The van der Waals surface area contributed by atoms with E-state index in [1.54, 1.807) is 37.3 Å². The van der Waals surface area contributed by atoms with Crippen molar-refractivity contribution in [2.24, 2.45) is 5.73 Å². The van der Waals surface area contributed by atoms with Crippen molar-refractivity contribution in [1.82, 2.24) is 5.32 Å². The number of primary amides is 1. The summed E-state index contributed by atoms with van der Waals surface area (Å²) in [5.74, 6) is -1.82. The fraction of sp³-hybridized carbons (Fsp3) is 0.308. The third kappa shape index (κ3) is 4.79. The van der Waals surface area contributed by atoms with Gasteiger partial charge in [-0.15, -0.1) is 0 Å². The molecule has 0 bridgehead atoms. The van der Waals surface area contributed by atoms with Crippen LogP contribution in [-0.2, 0) is 14.3 Å². The van der Waals surface area contributed by atoms with Crippen molar-refractivity contribution < 1.29 is 19.1 Å². The topological polar surface area (TPSA) is 98.5 Å². The molecule has 3 N–H and O–H groups in total. The normalized spacial score (nSPS) is 11.4. The van der Waals surface area contributed by atoms with Crippen molar-refractivity contribution >= 4 is 17.8 Å². The van der Waals surface area contributed by atoms with Gasteiger partial charge in [0.05, 0.1) is 13.0 Å². The number of esters is 1. The molecule has 0 spiro atoms. The smallest absolute Gasteiger partial charge is 0.329 e. The van der Waals surface area contributed by atoms with Crippen LogP contribution >= 0.6 is 0 Å². The molecule has 0 heterocycles. The molecule has 1 unspecified atom stereocenters. The Hall–Kier alpha value is -2.37. The predicted octanol–water partition coefficient (Wildman–Crippen LogP) is 0.224. The molecule has 2 amide bonds. The van der Waals surface area contributed by atoms with Gasteiger partial charge in [-0.3, -0.25) is 9.59 Å². The third-order valence-electron chi connectivity index (χ3n) is 2.32. The van der Waals surface area contributed by atoms with Crippen LogP contribution in [0, 0.1) is 0 Å². The Labute approximate surface area is 110 Å². The highest BCUT2D eigenvalue weighted by Crippen LogP contribution is 2.02. The number of hydrogen-bond donors (Lipinski definition) is 2. The summed E-state index contributed by atoms with van der Waals surface area (Å²) in [6.07, 6.45) is -0.294. The predicted molar refractivity (Wildman–Crippen MR) is 68.1 cm³/mol. The zero-order valence-electron chi connectivity index (χ0n) is 10.6. The number of ether oxygens (including phenoxy) is 1. The van der Waals surface area contributed by atoms with Gasteiger partial charge in [0.2, 0.25) is 5.91 Å². The van der Waals surface area contributed by atoms with Crippen LogP contribution < -0.4 is 11.1 Å². The third-order valence-corrected chi connectivity index (χ3v) is 2.32. The van der Waals surface area contributed by atoms with Crippen molar-refractivity contribution in [2.75, 3.05) is 6.61 Å². The van der Waals surface area contributed by atoms with Crippen LogP contribution in [0.5, 0.6) is 0 Å². The van der Waals surface area contributed by atoms with Gasteiger partial charge >= 0.3 is 5.97 Å². The van der Waals surface area contributed by atoms with Crippen LogP contribution in [-0.4, -0.2) is 30.4 Å². The Kier molecular flexibility index (Phi) is 5.53. The van der Waals surface area contributed by atoms with Gasteiger partial charge in [0.1, 0.15) is 6.04 Å². The summed E-state index contributed by atoms with van der Waals surface area (Å²) in [7, 11) is 0. The van der Waals surface area contributed by atoms with Crippen LogP contribution in [0.4, 0.5) is 0 Å². The molecule has 19 heavy (non-hydrogen) atoms. The fourth-order valence-electron chi connectivity index (χ4n) is 1.47. The highest BCUT2D eigenvalue weighted by molar-refractivity contribution is 5.97. The van der Waals surface area contributed by atoms with Crippen molar-refractivity contribution in [2.45, 2.75) is 19.4 Å². The first-order valence-electron chi connectivity index (χ1n) is 5.85. The number of benzene rings is 1. The van der Waals surface area contributed by atoms with Gasteiger partial charge in [-0.25, -0.2) is 4.79 Å². The van der Waals surface area contributed by atoms with Crippen LogP contribution in [0.1, 0.15) is 23.7 Å². The molecule has 6 nitrogen and oxygen atoms in total. The van der Waals surface area contributed by atoms with E-state index in [-0.39, 0.29) is 13.0 Å². The monoisotopic (exact) mass is 264 g/mol. The molecular weight excluding hydrogens is 248 g/mol. The Morgan fingerprint density at radius 1 is 1.26 bits per heavy atom. The molecule has 102 valence electrons. The SMILES string of the molecule is CCOC(=O)C(CC(N)=O)NC(=O)c1ccccc1. The van der Waals surface area contributed by atoms with Crippen molar-refractivity contribution in [3.63, 3.8) is 0 Å². The van der Waals surface area contributed by atoms with E-state index in [0.29, 0.717) is 5.56 Å². The summed E-state index contributed by atoms with van der Waals surface area (Å²) >= 11 is 0. The maximum atomic E-state index is 11.9. The van der Waals surface area contributed by atoms with E-state index < -0.39 is 23.8 Å². The Bertz CT molecular complexity index is 459. The van der Waals surface area contributed by atoms with Crippen LogP contribution in [0.25, 0.3) is 0 Å². The molecule has 0 saturated carbocycles. The molecule has 1 aromatic rings. The van der Waals surface area contributed by atoms with Gasteiger partial charge in [0, 0.05) is 5.56 Å². The Morgan fingerprint density at radius 3 is 2.42 bits per heavy atom. The fourth-order valence-corrected chi connectivity index (χ4v) is 1.47. The second-order valence-corrected chi connectivity index (χ2v) is 3.81. The molecule has 0 aliphatic carbocycles. The van der Waals surface area contributed by atoms with Crippen molar-refractivity contribution in [3.05, 3.63) is 35.9 Å². The average molecular weight is 264 g/mol. The largest absolute Gasteiger partial charge is 0.464 e. The first-order valence-corrected chi connectivity index (χ1v) is 5.85. The van der Waals surface area contributed by atoms with E-state index in [0.717, 1.165) is 0 Å². The lowest BCUT2D eigenvalue weighted by Crippen LogP contribution is -2.44. The van der Waals surface area contributed by atoms with Gasteiger partial charge < -0.3 is 15.8 Å². The van der Waals surface area contributed by atoms with E-state index >= 15 is 0 Å². The van der Waals surface area contributed by atoms with E-state index in [9.17, 15) is 14.4 Å². The molecule has 6 heteroatoms. The molecule has 0 fully saturated rings. The first kappa shape index (κ1) is 14.7. The highest BCUT2D eigenvalue weighted by Gasteiger charge is 2.24. The number of amides is 2. The van der Waals surface area contributed by atoms with Crippen LogP contribution in [0.2, 0.25) is 0 Å². The molecule has 0 saturated heterocycles.